The summed E-state index contributed by atoms with van der Waals surface area (Å²) in [4.78, 5) is 38.1. The molecule has 2 heterocycles. The van der Waals surface area contributed by atoms with E-state index < -0.39 is 48.6 Å². The third-order valence-electron chi connectivity index (χ3n) is 6.95. The van der Waals surface area contributed by atoms with E-state index in [9.17, 15) is 29.4 Å². The average Bonchev–Trinajstić information content (AvgIpc) is 3.20. The van der Waals surface area contributed by atoms with Crippen LogP contribution in [0.1, 0.15) is 19.4 Å². The number of β-lactam (4-membered cyclic amide) rings is 1. The van der Waals surface area contributed by atoms with Crippen LogP contribution in [0.5, 0.6) is 11.5 Å². The van der Waals surface area contributed by atoms with Crippen LogP contribution in [-0.4, -0.2) is 39.0 Å². The second-order valence-electron chi connectivity index (χ2n) is 9.81. The van der Waals surface area contributed by atoms with Crippen LogP contribution < -0.4 is 9.05 Å². The number of amides is 1. The van der Waals surface area contributed by atoms with Crippen molar-refractivity contribution in [1.82, 2.24) is 4.90 Å². The number of para-hydroxylation sites is 2. The first-order chi connectivity index (χ1) is 20.1. The molecular formula is C29H27N2O10P. The lowest BCUT2D eigenvalue weighted by Gasteiger charge is -2.46. The molecule has 0 aromatic heterocycles. The molecule has 0 radical (unpaired) electrons. The molecule has 218 valence electrons. The summed E-state index contributed by atoms with van der Waals surface area (Å²) < 4.78 is 37.0. The van der Waals surface area contributed by atoms with E-state index in [1.165, 1.54) is 36.1 Å². The molecule has 4 atom stereocenters. The Morgan fingerprint density at radius 3 is 2.02 bits per heavy atom. The van der Waals surface area contributed by atoms with Gasteiger partial charge in [0.25, 0.3) is 5.69 Å². The van der Waals surface area contributed by atoms with Crippen LogP contribution in [0, 0.1) is 22.0 Å². The number of carbonyl (C=O) groups is 2. The monoisotopic (exact) mass is 594 g/mol. The van der Waals surface area contributed by atoms with Gasteiger partial charge in [-0.3, -0.25) is 19.8 Å². The number of aliphatic hydroxyl groups is 1. The summed E-state index contributed by atoms with van der Waals surface area (Å²) in [5, 5.41) is 21.2. The Kier molecular flexibility index (Phi) is 8.02. The zero-order chi connectivity index (χ0) is 30.0. The molecule has 0 unspecified atom stereocenters. The zero-order valence-corrected chi connectivity index (χ0v) is 23.5. The van der Waals surface area contributed by atoms with Crippen molar-refractivity contribution in [1.29, 1.82) is 0 Å². The summed E-state index contributed by atoms with van der Waals surface area (Å²) in [5.41, 5.74) is 0.0469. The van der Waals surface area contributed by atoms with Gasteiger partial charge in [-0.2, -0.15) is 4.57 Å². The highest BCUT2D eigenvalue weighted by atomic mass is 31.2. The molecule has 3 aromatic rings. The first-order valence-corrected chi connectivity index (χ1v) is 14.5. The normalized spacial score (nSPS) is 20.3. The molecule has 1 amide bonds. The van der Waals surface area contributed by atoms with Gasteiger partial charge in [0.15, 0.2) is 5.70 Å². The molecule has 42 heavy (non-hydrogen) atoms. The summed E-state index contributed by atoms with van der Waals surface area (Å²) in [6.45, 7) is 2.87. The van der Waals surface area contributed by atoms with Gasteiger partial charge in [-0.15, -0.1) is 0 Å². The second kappa shape index (κ2) is 11.7. The van der Waals surface area contributed by atoms with Crippen molar-refractivity contribution < 1.29 is 42.5 Å². The standard InChI is InChI=1S/C29H27N2O10P/c1-18-25-24(19(2)32)28(33)30(25)26(29(34)38-17-20-13-15-21(16-14-20)31(35)36)27(18)41-42(37,39-22-9-5-3-6-10-22)40-23-11-7-4-8-12-23/h3-16,18-19,24-25,32H,17H2,1-2H3/t18-,19-,24-,25-/m1/s1. The smallest absolute Gasteiger partial charge is 0.456 e. The van der Waals surface area contributed by atoms with Gasteiger partial charge in [-0.25, -0.2) is 4.79 Å². The molecule has 2 aliphatic rings. The molecule has 0 spiro atoms. The SMILES string of the molecule is C[C@@H](O)[C@H]1C(=O)N2C(C(=O)OCc3ccc([N+](=O)[O-])cc3)=C(OP(=O)(Oc3ccccc3)Oc3ccccc3)[C@H](C)[C@H]12. The van der Waals surface area contributed by atoms with Gasteiger partial charge in [-0.05, 0) is 48.9 Å². The number of nitro benzene ring substituents is 1. The number of rotatable bonds is 11. The maximum atomic E-state index is 14.2. The Balaban J connectivity index is 1.48. The van der Waals surface area contributed by atoms with E-state index in [-0.39, 0.29) is 35.2 Å². The van der Waals surface area contributed by atoms with E-state index in [4.69, 9.17) is 18.3 Å². The molecule has 5 rings (SSSR count). The quantitative estimate of drug-likeness (QED) is 0.106. The molecule has 1 fully saturated rings. The maximum Gasteiger partial charge on any atom is 0.646 e. The zero-order valence-electron chi connectivity index (χ0n) is 22.6. The predicted octanol–water partition coefficient (Wildman–Crippen LogP) is 4.99. The van der Waals surface area contributed by atoms with Crippen molar-refractivity contribution >= 4 is 25.4 Å². The second-order valence-corrected chi connectivity index (χ2v) is 11.3. The molecular weight excluding hydrogens is 567 g/mol. The molecule has 1 saturated heterocycles. The number of fused-ring (bicyclic) bond motifs is 1. The Morgan fingerprint density at radius 1 is 0.976 bits per heavy atom. The van der Waals surface area contributed by atoms with Gasteiger partial charge in [0.1, 0.15) is 23.9 Å². The Hall–Kier alpha value is -4.67. The van der Waals surface area contributed by atoms with Gasteiger partial charge >= 0.3 is 13.8 Å². The van der Waals surface area contributed by atoms with E-state index >= 15 is 0 Å². The van der Waals surface area contributed by atoms with Gasteiger partial charge in [0.2, 0.25) is 5.91 Å². The van der Waals surface area contributed by atoms with E-state index in [0.29, 0.717) is 5.56 Å². The van der Waals surface area contributed by atoms with E-state index in [1.54, 1.807) is 67.6 Å². The summed E-state index contributed by atoms with van der Waals surface area (Å²) in [5.74, 6) is -2.82. The number of hydrogen-bond acceptors (Lipinski definition) is 10. The minimum Gasteiger partial charge on any atom is -0.456 e. The van der Waals surface area contributed by atoms with Crippen molar-refractivity contribution in [3.63, 3.8) is 0 Å². The highest BCUT2D eigenvalue weighted by molar-refractivity contribution is 7.49. The minimum atomic E-state index is -4.54. The molecule has 3 aromatic carbocycles. The molecule has 0 aliphatic carbocycles. The van der Waals surface area contributed by atoms with Gasteiger partial charge in [-0.1, -0.05) is 43.3 Å². The number of ether oxygens (including phenoxy) is 1. The lowest BCUT2D eigenvalue weighted by atomic mass is 9.79. The average molecular weight is 595 g/mol. The number of nitrogens with zero attached hydrogens (tertiary/aromatic N) is 2. The largest absolute Gasteiger partial charge is 0.646 e. The Labute approximate surface area is 240 Å². The van der Waals surface area contributed by atoms with E-state index in [0.717, 1.165) is 0 Å². The van der Waals surface area contributed by atoms with Crippen molar-refractivity contribution in [3.05, 3.63) is 112 Å². The lowest BCUT2D eigenvalue weighted by molar-refractivity contribution is -0.384. The summed E-state index contributed by atoms with van der Waals surface area (Å²) >= 11 is 0. The number of benzene rings is 3. The summed E-state index contributed by atoms with van der Waals surface area (Å²) in [6.07, 6.45) is -1.02. The molecule has 0 bridgehead atoms. The third-order valence-corrected chi connectivity index (χ3v) is 8.24. The Morgan fingerprint density at radius 2 is 1.52 bits per heavy atom. The van der Waals surface area contributed by atoms with Crippen molar-refractivity contribution in [3.8, 4) is 11.5 Å². The van der Waals surface area contributed by atoms with Crippen LogP contribution in [0.4, 0.5) is 5.69 Å². The van der Waals surface area contributed by atoms with E-state index in [2.05, 4.69) is 0 Å². The number of nitro groups is 1. The summed E-state index contributed by atoms with van der Waals surface area (Å²) in [7, 11) is -4.54. The Bertz CT molecular complexity index is 1510. The number of phosphoric ester groups is 1. The lowest BCUT2D eigenvalue weighted by Crippen LogP contribution is -2.63. The molecule has 12 nitrogen and oxygen atoms in total. The van der Waals surface area contributed by atoms with Crippen molar-refractivity contribution in [2.75, 3.05) is 0 Å². The number of carbonyl (C=O) groups excluding carboxylic acids is 2. The van der Waals surface area contributed by atoms with Gasteiger partial charge in [0, 0.05) is 18.1 Å². The fourth-order valence-electron chi connectivity index (χ4n) is 4.96. The third kappa shape index (κ3) is 5.72. The van der Waals surface area contributed by atoms with Crippen LogP contribution in [0.2, 0.25) is 0 Å². The van der Waals surface area contributed by atoms with Gasteiger partial charge < -0.3 is 23.4 Å². The van der Waals surface area contributed by atoms with Crippen LogP contribution in [0.15, 0.2) is 96.4 Å². The van der Waals surface area contributed by atoms with Crippen LogP contribution in [0.25, 0.3) is 0 Å². The predicted molar refractivity (Wildman–Crippen MR) is 148 cm³/mol. The molecule has 13 heteroatoms. The van der Waals surface area contributed by atoms with Crippen LogP contribution in [0.3, 0.4) is 0 Å². The highest BCUT2D eigenvalue weighted by Gasteiger charge is 2.62. The number of esters is 1. The first kappa shape index (κ1) is 28.8. The van der Waals surface area contributed by atoms with Gasteiger partial charge in [0.05, 0.1) is 23.0 Å². The molecule has 0 saturated carbocycles. The minimum absolute atomic E-state index is 0.126. The first-order valence-electron chi connectivity index (χ1n) is 13.0. The number of hydrogen-bond donors (Lipinski definition) is 1. The van der Waals surface area contributed by atoms with Crippen LogP contribution in [-0.2, 0) is 30.0 Å². The number of aliphatic hydroxyl groups excluding tert-OH is 1. The maximum absolute atomic E-state index is 14.2. The number of non-ortho nitro benzene ring substituents is 1. The topological polar surface area (TPSA) is 155 Å². The van der Waals surface area contributed by atoms with Crippen LogP contribution >= 0.6 is 7.82 Å². The summed E-state index contributed by atoms with van der Waals surface area (Å²) in [6, 6.07) is 21.1. The molecule has 2 aliphatic heterocycles. The van der Waals surface area contributed by atoms with Crippen molar-refractivity contribution in [2.45, 2.75) is 32.6 Å². The highest BCUT2D eigenvalue weighted by Crippen LogP contribution is 2.57. The molecule has 1 N–H and O–H groups in total. The fraction of sp³-hybridized carbons (Fsp3) is 0.241. The fourth-order valence-corrected chi connectivity index (χ4v) is 6.33. The van der Waals surface area contributed by atoms with E-state index in [1.807, 2.05) is 0 Å². The number of phosphoric acid groups is 1. The van der Waals surface area contributed by atoms with Crippen molar-refractivity contribution in [2.24, 2.45) is 11.8 Å².